The van der Waals surface area contributed by atoms with E-state index < -0.39 is 0 Å². The standard InChI is InChI=1S/C27H28N4O.C2H6/c1-3-5-15-23(11-4-2)29-26(32)20-21-12-10-16-24(19-21)30-27-28-18-17-25(31-27)22-13-8-6-7-9-14-22;1-2/h4-8,10-19H,2-3,9,20H2,1H3,(H,29,32)(H,28,30,31);1-2H3/b15-5?,23-11+;. The van der Waals surface area contributed by atoms with E-state index in [9.17, 15) is 4.79 Å². The summed E-state index contributed by atoms with van der Waals surface area (Å²) in [5.41, 5.74) is 4.36. The first-order valence-electron chi connectivity index (χ1n) is 11.7. The first-order chi connectivity index (χ1) is 16.7. The summed E-state index contributed by atoms with van der Waals surface area (Å²) < 4.78 is 0. The minimum Gasteiger partial charge on any atom is -0.326 e. The third-order valence-electron chi connectivity index (χ3n) is 4.61. The molecule has 0 spiro atoms. The van der Waals surface area contributed by atoms with Crippen molar-refractivity contribution in [1.29, 1.82) is 0 Å². The lowest BCUT2D eigenvalue weighted by Gasteiger charge is -2.10. The highest BCUT2D eigenvalue weighted by Gasteiger charge is 2.07. The van der Waals surface area contributed by atoms with Gasteiger partial charge >= 0.3 is 0 Å². The zero-order valence-corrected chi connectivity index (χ0v) is 20.3. The number of hydrogen-bond donors (Lipinski definition) is 2. The summed E-state index contributed by atoms with van der Waals surface area (Å²) in [5, 5.41) is 6.17. The fourth-order valence-corrected chi connectivity index (χ4v) is 3.14. The van der Waals surface area contributed by atoms with Gasteiger partial charge in [0.1, 0.15) is 0 Å². The maximum Gasteiger partial charge on any atom is 0.228 e. The average molecular weight is 455 g/mol. The SMILES string of the molecule is C=C/C=C(\C=CCC)NC(=O)Cc1cccc(Nc2nccc(C3=CCC=CC=C3)n2)c1.CC. The van der Waals surface area contributed by atoms with Crippen molar-refractivity contribution in [2.45, 2.75) is 40.0 Å². The molecule has 34 heavy (non-hydrogen) atoms. The van der Waals surface area contributed by atoms with Gasteiger partial charge in [0.2, 0.25) is 11.9 Å². The molecule has 0 saturated carbocycles. The maximum absolute atomic E-state index is 12.5. The minimum absolute atomic E-state index is 0.0880. The Bertz CT molecular complexity index is 1110. The molecule has 1 amide bonds. The van der Waals surface area contributed by atoms with Gasteiger partial charge in [-0.3, -0.25) is 4.79 Å². The Balaban J connectivity index is 0.00000199. The van der Waals surface area contributed by atoms with Gasteiger partial charge in [0.15, 0.2) is 0 Å². The topological polar surface area (TPSA) is 66.9 Å². The van der Waals surface area contributed by atoms with Gasteiger partial charge in [-0.1, -0.05) is 82.0 Å². The number of carbonyl (C=O) groups is 1. The van der Waals surface area contributed by atoms with E-state index in [1.165, 1.54) is 0 Å². The van der Waals surface area contributed by atoms with Gasteiger partial charge in [0.05, 0.1) is 12.1 Å². The van der Waals surface area contributed by atoms with Crippen LogP contribution in [0.2, 0.25) is 0 Å². The van der Waals surface area contributed by atoms with Crippen LogP contribution >= 0.6 is 0 Å². The number of allylic oxidation sites excluding steroid dienone is 10. The van der Waals surface area contributed by atoms with Crippen molar-refractivity contribution >= 4 is 23.1 Å². The molecule has 5 nitrogen and oxygen atoms in total. The summed E-state index contributed by atoms with van der Waals surface area (Å²) in [7, 11) is 0. The predicted molar refractivity (Wildman–Crippen MR) is 144 cm³/mol. The Hall–Kier alpha value is -3.99. The lowest BCUT2D eigenvalue weighted by Crippen LogP contribution is -2.23. The van der Waals surface area contributed by atoms with E-state index >= 15 is 0 Å². The van der Waals surface area contributed by atoms with Crippen LogP contribution in [-0.4, -0.2) is 15.9 Å². The highest BCUT2D eigenvalue weighted by molar-refractivity contribution is 5.81. The fourth-order valence-electron chi connectivity index (χ4n) is 3.14. The van der Waals surface area contributed by atoms with Crippen molar-refractivity contribution < 1.29 is 4.79 Å². The van der Waals surface area contributed by atoms with Crippen molar-refractivity contribution in [2.24, 2.45) is 0 Å². The van der Waals surface area contributed by atoms with E-state index in [-0.39, 0.29) is 12.3 Å². The molecule has 0 atom stereocenters. The third kappa shape index (κ3) is 8.87. The summed E-state index contributed by atoms with van der Waals surface area (Å²) in [4.78, 5) is 21.5. The second-order valence-corrected chi connectivity index (χ2v) is 7.17. The van der Waals surface area contributed by atoms with Crippen molar-refractivity contribution in [1.82, 2.24) is 15.3 Å². The summed E-state index contributed by atoms with van der Waals surface area (Å²) in [6, 6.07) is 9.60. The zero-order valence-electron chi connectivity index (χ0n) is 20.3. The molecule has 0 bridgehead atoms. The lowest BCUT2D eigenvalue weighted by molar-refractivity contribution is -0.119. The van der Waals surface area contributed by atoms with Crippen molar-refractivity contribution in [3.8, 4) is 0 Å². The van der Waals surface area contributed by atoms with Crippen molar-refractivity contribution in [3.63, 3.8) is 0 Å². The molecular weight excluding hydrogens is 420 g/mol. The largest absolute Gasteiger partial charge is 0.326 e. The first-order valence-corrected chi connectivity index (χ1v) is 11.7. The van der Waals surface area contributed by atoms with Gasteiger partial charge in [-0.25, -0.2) is 9.97 Å². The molecular formula is C29H34N4O. The second-order valence-electron chi connectivity index (χ2n) is 7.17. The molecule has 2 aromatic rings. The quantitative estimate of drug-likeness (QED) is 0.407. The highest BCUT2D eigenvalue weighted by Crippen LogP contribution is 2.20. The normalized spacial score (nSPS) is 12.9. The third-order valence-corrected chi connectivity index (χ3v) is 4.61. The van der Waals surface area contributed by atoms with Crippen molar-refractivity contribution in [3.05, 3.63) is 115 Å². The summed E-state index contributed by atoms with van der Waals surface area (Å²) in [6.45, 7) is 9.74. The second kappa shape index (κ2) is 15.0. The fraction of sp³-hybridized carbons (Fsp3) is 0.207. The average Bonchev–Trinajstić information content (AvgIpc) is 3.14. The van der Waals surface area contributed by atoms with Gasteiger partial charge in [0, 0.05) is 17.6 Å². The van der Waals surface area contributed by atoms with E-state index in [0.717, 1.165) is 41.1 Å². The molecule has 2 N–H and O–H groups in total. The molecule has 5 heteroatoms. The highest BCUT2D eigenvalue weighted by atomic mass is 16.1. The molecule has 1 aliphatic carbocycles. The monoisotopic (exact) mass is 454 g/mol. The van der Waals surface area contributed by atoms with Crippen LogP contribution in [0.15, 0.2) is 103 Å². The number of amides is 1. The smallest absolute Gasteiger partial charge is 0.228 e. The Morgan fingerprint density at radius 2 is 2.06 bits per heavy atom. The van der Waals surface area contributed by atoms with Crippen molar-refractivity contribution in [2.75, 3.05) is 5.32 Å². The maximum atomic E-state index is 12.5. The number of nitrogens with one attached hydrogen (secondary N) is 2. The first kappa shape index (κ1) is 26.3. The van der Waals surface area contributed by atoms with Gasteiger partial charge in [-0.15, -0.1) is 0 Å². The number of rotatable bonds is 9. The molecule has 1 aromatic heterocycles. The van der Waals surface area contributed by atoms with Gasteiger partial charge in [0.25, 0.3) is 0 Å². The Labute approximate surface area is 203 Å². The molecule has 3 rings (SSSR count). The molecule has 0 saturated heterocycles. The Morgan fingerprint density at radius 3 is 2.85 bits per heavy atom. The Morgan fingerprint density at radius 1 is 1.21 bits per heavy atom. The number of anilines is 2. The van der Waals surface area contributed by atoms with Gasteiger partial charge in [-0.2, -0.15) is 0 Å². The molecule has 0 radical (unpaired) electrons. The van der Waals surface area contributed by atoms with Crippen LogP contribution in [0.4, 0.5) is 11.6 Å². The molecule has 0 fully saturated rings. The molecule has 0 aliphatic heterocycles. The number of nitrogens with zero attached hydrogens (tertiary/aromatic N) is 2. The van der Waals surface area contributed by atoms with E-state index in [0.29, 0.717) is 5.95 Å². The summed E-state index contributed by atoms with van der Waals surface area (Å²) in [5.74, 6) is 0.423. The van der Waals surface area contributed by atoms with E-state index in [4.69, 9.17) is 0 Å². The molecule has 176 valence electrons. The molecule has 1 heterocycles. The van der Waals surface area contributed by atoms with E-state index in [1.807, 2.05) is 81.5 Å². The number of benzene rings is 1. The van der Waals surface area contributed by atoms with Gasteiger partial charge < -0.3 is 10.6 Å². The zero-order chi connectivity index (χ0) is 24.6. The van der Waals surface area contributed by atoms with Crippen LogP contribution in [0.5, 0.6) is 0 Å². The van der Waals surface area contributed by atoms with Crippen LogP contribution in [0.25, 0.3) is 5.57 Å². The van der Waals surface area contributed by atoms with Crippen LogP contribution in [-0.2, 0) is 11.2 Å². The predicted octanol–water partition coefficient (Wildman–Crippen LogP) is 6.84. The Kier molecular flexibility index (Phi) is 11.6. The van der Waals surface area contributed by atoms with E-state index in [1.54, 1.807) is 18.3 Å². The number of aromatic nitrogens is 2. The number of hydrogen-bond acceptors (Lipinski definition) is 4. The van der Waals surface area contributed by atoms with E-state index in [2.05, 4.69) is 39.3 Å². The number of carbonyl (C=O) groups excluding carboxylic acids is 1. The molecule has 1 aromatic carbocycles. The van der Waals surface area contributed by atoms with Gasteiger partial charge in [-0.05, 0) is 54.3 Å². The lowest BCUT2D eigenvalue weighted by atomic mass is 10.1. The van der Waals surface area contributed by atoms with Crippen LogP contribution in [0.3, 0.4) is 0 Å². The van der Waals surface area contributed by atoms with Crippen LogP contribution < -0.4 is 10.6 Å². The summed E-state index contributed by atoms with van der Waals surface area (Å²) in [6.07, 6.45) is 21.4. The minimum atomic E-state index is -0.0880. The molecule has 1 aliphatic rings. The van der Waals surface area contributed by atoms with Crippen LogP contribution in [0.1, 0.15) is 44.9 Å². The van der Waals surface area contributed by atoms with Crippen LogP contribution in [0, 0.1) is 0 Å². The summed E-state index contributed by atoms with van der Waals surface area (Å²) >= 11 is 0. The molecule has 0 unspecified atom stereocenters.